The van der Waals surface area contributed by atoms with Crippen LogP contribution in [0.15, 0.2) is 30.3 Å². The average Bonchev–Trinajstić information content (AvgIpc) is 3.19. The first-order valence-electron chi connectivity index (χ1n) is 6.53. The van der Waals surface area contributed by atoms with Gasteiger partial charge in [0.15, 0.2) is 5.11 Å². The molecule has 1 aromatic carbocycles. The number of benzene rings is 1. The van der Waals surface area contributed by atoms with Crippen molar-refractivity contribution in [3.8, 4) is 0 Å². The fraction of sp³-hybridized carbons (Fsp3) is 0.500. The molecule has 3 N–H and O–H groups in total. The summed E-state index contributed by atoms with van der Waals surface area (Å²) in [6.07, 6.45) is 3.51. The van der Waals surface area contributed by atoms with Gasteiger partial charge in [0, 0.05) is 18.6 Å². The zero-order chi connectivity index (χ0) is 12.8. The summed E-state index contributed by atoms with van der Waals surface area (Å²) in [7, 11) is 1.99. The highest BCUT2D eigenvalue weighted by molar-refractivity contribution is 7.80. The molecule has 0 saturated heterocycles. The number of rotatable bonds is 6. The first-order valence-corrected chi connectivity index (χ1v) is 6.94. The number of hydrogen-bond acceptors (Lipinski definition) is 2. The first kappa shape index (κ1) is 13.3. The van der Waals surface area contributed by atoms with Crippen LogP contribution < -0.4 is 16.0 Å². The SMILES string of the molecule is CNC(CNC(=S)NC1CC1)Cc1ccccc1. The summed E-state index contributed by atoms with van der Waals surface area (Å²) >= 11 is 5.25. The van der Waals surface area contributed by atoms with E-state index in [9.17, 15) is 0 Å². The van der Waals surface area contributed by atoms with Gasteiger partial charge in [-0.15, -0.1) is 0 Å². The maximum atomic E-state index is 5.25. The zero-order valence-corrected chi connectivity index (χ0v) is 11.6. The fourth-order valence-electron chi connectivity index (χ4n) is 1.85. The molecule has 4 heteroatoms. The third kappa shape index (κ3) is 4.63. The lowest BCUT2D eigenvalue weighted by Crippen LogP contribution is -2.44. The van der Waals surface area contributed by atoms with Gasteiger partial charge in [0.25, 0.3) is 0 Å². The van der Waals surface area contributed by atoms with Crippen molar-refractivity contribution in [1.82, 2.24) is 16.0 Å². The Balaban J connectivity index is 1.72. The van der Waals surface area contributed by atoms with E-state index >= 15 is 0 Å². The van der Waals surface area contributed by atoms with Crippen molar-refractivity contribution in [2.24, 2.45) is 0 Å². The molecule has 0 heterocycles. The summed E-state index contributed by atoms with van der Waals surface area (Å²) in [5.74, 6) is 0. The molecule has 1 aliphatic carbocycles. The molecule has 0 aromatic heterocycles. The van der Waals surface area contributed by atoms with Gasteiger partial charge in [-0.2, -0.15) is 0 Å². The van der Waals surface area contributed by atoms with Crippen LogP contribution in [0.3, 0.4) is 0 Å². The summed E-state index contributed by atoms with van der Waals surface area (Å²) < 4.78 is 0. The average molecular weight is 263 g/mol. The van der Waals surface area contributed by atoms with Crippen molar-refractivity contribution < 1.29 is 0 Å². The summed E-state index contributed by atoms with van der Waals surface area (Å²) in [5.41, 5.74) is 1.35. The van der Waals surface area contributed by atoms with E-state index in [0.717, 1.165) is 18.1 Å². The molecule has 1 fully saturated rings. The van der Waals surface area contributed by atoms with Gasteiger partial charge in [-0.3, -0.25) is 0 Å². The predicted molar refractivity (Wildman–Crippen MR) is 79.8 cm³/mol. The van der Waals surface area contributed by atoms with E-state index in [4.69, 9.17) is 12.2 Å². The van der Waals surface area contributed by atoms with Crippen LogP contribution >= 0.6 is 12.2 Å². The Kier molecular flexibility index (Phi) is 4.96. The zero-order valence-electron chi connectivity index (χ0n) is 10.8. The quantitative estimate of drug-likeness (QED) is 0.679. The molecular weight excluding hydrogens is 242 g/mol. The van der Waals surface area contributed by atoms with Gasteiger partial charge in [-0.1, -0.05) is 30.3 Å². The van der Waals surface area contributed by atoms with Crippen LogP contribution in [0, 0.1) is 0 Å². The van der Waals surface area contributed by atoms with Crippen molar-refractivity contribution >= 4 is 17.3 Å². The number of nitrogens with one attached hydrogen (secondary N) is 3. The number of likely N-dealkylation sites (N-methyl/N-ethyl adjacent to an activating group) is 1. The lowest BCUT2D eigenvalue weighted by molar-refractivity contribution is 0.545. The molecule has 98 valence electrons. The number of hydrogen-bond donors (Lipinski definition) is 3. The molecule has 2 rings (SSSR count). The topological polar surface area (TPSA) is 36.1 Å². The van der Waals surface area contributed by atoms with Gasteiger partial charge in [0.05, 0.1) is 0 Å². The molecule has 18 heavy (non-hydrogen) atoms. The van der Waals surface area contributed by atoms with Crippen molar-refractivity contribution in [2.75, 3.05) is 13.6 Å². The monoisotopic (exact) mass is 263 g/mol. The van der Waals surface area contributed by atoms with E-state index < -0.39 is 0 Å². The van der Waals surface area contributed by atoms with Crippen LogP contribution in [0.4, 0.5) is 0 Å². The van der Waals surface area contributed by atoms with Crippen LogP contribution in [0.25, 0.3) is 0 Å². The van der Waals surface area contributed by atoms with Crippen LogP contribution in [-0.2, 0) is 6.42 Å². The van der Waals surface area contributed by atoms with Gasteiger partial charge in [-0.25, -0.2) is 0 Å². The largest absolute Gasteiger partial charge is 0.361 e. The minimum absolute atomic E-state index is 0.395. The van der Waals surface area contributed by atoms with E-state index in [0.29, 0.717) is 12.1 Å². The maximum absolute atomic E-state index is 5.25. The number of thiocarbonyl (C=S) groups is 1. The predicted octanol–water partition coefficient (Wildman–Crippen LogP) is 1.44. The summed E-state index contributed by atoms with van der Waals surface area (Å²) in [4.78, 5) is 0. The van der Waals surface area contributed by atoms with Crippen molar-refractivity contribution in [1.29, 1.82) is 0 Å². The Labute approximate surface area is 114 Å². The van der Waals surface area contributed by atoms with Gasteiger partial charge >= 0.3 is 0 Å². The Morgan fingerprint density at radius 1 is 1.33 bits per heavy atom. The van der Waals surface area contributed by atoms with E-state index in [2.05, 4.69) is 40.2 Å². The molecule has 0 bridgehead atoms. The third-order valence-electron chi connectivity index (χ3n) is 3.15. The van der Waals surface area contributed by atoms with Crippen LogP contribution in [0.5, 0.6) is 0 Å². The first-order chi connectivity index (χ1) is 8.78. The minimum atomic E-state index is 0.395. The molecule has 1 aromatic rings. The van der Waals surface area contributed by atoms with E-state index in [1.165, 1.54) is 18.4 Å². The van der Waals surface area contributed by atoms with Crippen LogP contribution in [0.1, 0.15) is 18.4 Å². The molecule has 0 spiro atoms. The van der Waals surface area contributed by atoms with Crippen LogP contribution in [-0.4, -0.2) is 30.8 Å². The Morgan fingerprint density at radius 3 is 2.67 bits per heavy atom. The van der Waals surface area contributed by atoms with Gasteiger partial charge in [0.1, 0.15) is 0 Å². The molecule has 1 unspecified atom stereocenters. The summed E-state index contributed by atoms with van der Waals surface area (Å²) in [6, 6.07) is 11.5. The van der Waals surface area contributed by atoms with Gasteiger partial charge in [-0.05, 0) is 44.1 Å². The van der Waals surface area contributed by atoms with Gasteiger partial charge in [0.2, 0.25) is 0 Å². The highest BCUT2D eigenvalue weighted by Crippen LogP contribution is 2.18. The Morgan fingerprint density at radius 2 is 2.06 bits per heavy atom. The Hall–Kier alpha value is -1.13. The Bertz CT molecular complexity index is 376. The van der Waals surface area contributed by atoms with Crippen molar-refractivity contribution in [3.63, 3.8) is 0 Å². The molecule has 0 amide bonds. The van der Waals surface area contributed by atoms with E-state index in [1.54, 1.807) is 0 Å². The second kappa shape index (κ2) is 6.71. The summed E-state index contributed by atoms with van der Waals surface area (Å²) in [5, 5.41) is 10.7. The molecule has 3 nitrogen and oxygen atoms in total. The minimum Gasteiger partial charge on any atom is -0.361 e. The highest BCUT2D eigenvalue weighted by atomic mass is 32.1. The lowest BCUT2D eigenvalue weighted by atomic mass is 10.1. The molecule has 0 radical (unpaired) electrons. The van der Waals surface area contributed by atoms with Crippen LogP contribution in [0.2, 0.25) is 0 Å². The normalized spacial score (nSPS) is 16.1. The van der Waals surface area contributed by atoms with E-state index in [-0.39, 0.29) is 0 Å². The highest BCUT2D eigenvalue weighted by Gasteiger charge is 2.21. The molecular formula is C14H21N3S. The van der Waals surface area contributed by atoms with Crippen molar-refractivity contribution in [3.05, 3.63) is 35.9 Å². The third-order valence-corrected chi connectivity index (χ3v) is 3.42. The lowest BCUT2D eigenvalue weighted by Gasteiger charge is -2.18. The summed E-state index contributed by atoms with van der Waals surface area (Å²) in [6.45, 7) is 0.851. The molecule has 1 saturated carbocycles. The fourth-order valence-corrected chi connectivity index (χ4v) is 2.10. The van der Waals surface area contributed by atoms with Gasteiger partial charge < -0.3 is 16.0 Å². The standard InChI is InChI=1S/C14H21N3S/c1-15-13(9-11-5-3-2-4-6-11)10-16-14(18)17-12-7-8-12/h2-6,12-13,15H,7-10H2,1H3,(H2,16,17,18). The second-order valence-electron chi connectivity index (χ2n) is 4.80. The smallest absolute Gasteiger partial charge is 0.166 e. The second-order valence-corrected chi connectivity index (χ2v) is 5.21. The molecule has 1 aliphatic rings. The van der Waals surface area contributed by atoms with Crippen molar-refractivity contribution in [2.45, 2.75) is 31.3 Å². The molecule has 1 atom stereocenters. The maximum Gasteiger partial charge on any atom is 0.166 e. The molecule has 0 aliphatic heterocycles. The van der Waals surface area contributed by atoms with E-state index in [1.807, 2.05) is 13.1 Å².